The van der Waals surface area contributed by atoms with Gasteiger partial charge in [-0.25, -0.2) is 4.98 Å². The van der Waals surface area contributed by atoms with Crippen molar-refractivity contribution in [1.82, 2.24) is 15.2 Å². The van der Waals surface area contributed by atoms with E-state index in [9.17, 15) is 0 Å². The van der Waals surface area contributed by atoms with Crippen LogP contribution in [0.4, 0.5) is 0 Å². The second-order valence-corrected chi connectivity index (χ2v) is 7.15. The van der Waals surface area contributed by atoms with Crippen LogP contribution in [0, 0.1) is 13.8 Å². The Labute approximate surface area is 114 Å². The summed E-state index contributed by atoms with van der Waals surface area (Å²) in [5, 5.41) is 4.87. The van der Waals surface area contributed by atoms with Crippen molar-refractivity contribution in [3.63, 3.8) is 0 Å². The zero-order valence-corrected chi connectivity index (χ0v) is 12.6. The molecule has 1 aromatic rings. The second-order valence-electron chi connectivity index (χ2n) is 5.95. The first-order chi connectivity index (χ1) is 8.55. The van der Waals surface area contributed by atoms with Gasteiger partial charge in [-0.3, -0.25) is 4.90 Å². The first-order valence-corrected chi connectivity index (χ1v) is 7.76. The summed E-state index contributed by atoms with van der Waals surface area (Å²) in [6, 6.07) is 1.52. The van der Waals surface area contributed by atoms with Gasteiger partial charge in [0.1, 0.15) is 5.01 Å². The molecule has 2 aliphatic rings. The zero-order valence-electron chi connectivity index (χ0n) is 11.8. The topological polar surface area (TPSA) is 28.2 Å². The van der Waals surface area contributed by atoms with Gasteiger partial charge >= 0.3 is 0 Å². The largest absolute Gasteiger partial charge is 0.307 e. The Morgan fingerprint density at radius 2 is 2.11 bits per heavy atom. The van der Waals surface area contributed by atoms with Crippen molar-refractivity contribution in [3.8, 4) is 0 Å². The number of nitrogens with zero attached hydrogens (tertiary/aromatic N) is 2. The van der Waals surface area contributed by atoms with E-state index in [0.29, 0.717) is 6.04 Å². The van der Waals surface area contributed by atoms with E-state index in [1.165, 1.54) is 34.8 Å². The third kappa shape index (κ3) is 1.91. The van der Waals surface area contributed by atoms with Gasteiger partial charge in [0, 0.05) is 23.5 Å². The maximum Gasteiger partial charge on any atom is 0.115 e. The van der Waals surface area contributed by atoms with Gasteiger partial charge in [-0.1, -0.05) is 0 Å². The molecule has 4 heteroatoms. The molecule has 3 rings (SSSR count). The molecule has 1 aliphatic heterocycles. The lowest BCUT2D eigenvalue weighted by atomic mass is 9.97. The van der Waals surface area contributed by atoms with Crippen LogP contribution in [0.15, 0.2) is 0 Å². The normalized spacial score (nSPS) is 33.2. The van der Waals surface area contributed by atoms with Crippen LogP contribution in [0.1, 0.15) is 41.8 Å². The molecule has 1 saturated heterocycles. The van der Waals surface area contributed by atoms with E-state index >= 15 is 0 Å². The first-order valence-electron chi connectivity index (χ1n) is 6.95. The van der Waals surface area contributed by atoms with Crippen LogP contribution in [-0.4, -0.2) is 35.6 Å². The molecule has 1 N–H and O–H groups in total. The average molecular weight is 265 g/mol. The van der Waals surface area contributed by atoms with E-state index < -0.39 is 0 Å². The number of aromatic nitrogens is 1. The van der Waals surface area contributed by atoms with Crippen molar-refractivity contribution in [2.75, 3.05) is 13.6 Å². The number of likely N-dealkylation sites (N-methyl/N-ethyl adjacent to an activating group) is 1. The molecule has 2 atom stereocenters. The molecule has 2 heterocycles. The minimum atomic E-state index is 0.0890. The Kier molecular flexibility index (Phi) is 3.00. The average Bonchev–Trinajstić information content (AvgIpc) is 3.05. The highest BCUT2D eigenvalue weighted by Gasteiger charge is 2.48. The predicted molar refractivity (Wildman–Crippen MR) is 76.1 cm³/mol. The van der Waals surface area contributed by atoms with Gasteiger partial charge in [0.15, 0.2) is 0 Å². The van der Waals surface area contributed by atoms with Crippen molar-refractivity contribution >= 4 is 11.3 Å². The van der Waals surface area contributed by atoms with Gasteiger partial charge in [-0.15, -0.1) is 11.3 Å². The SMILES string of the molecule is CNC1(c2nc(C)c(C)s2)CC(C)N(C2CC2)C1. The van der Waals surface area contributed by atoms with Crippen LogP contribution in [0.25, 0.3) is 0 Å². The lowest BCUT2D eigenvalue weighted by Gasteiger charge is -2.27. The number of nitrogens with one attached hydrogen (secondary N) is 1. The van der Waals surface area contributed by atoms with E-state index in [4.69, 9.17) is 4.98 Å². The molecular formula is C14H23N3S. The lowest BCUT2D eigenvalue weighted by Crippen LogP contribution is -2.43. The summed E-state index contributed by atoms with van der Waals surface area (Å²) in [7, 11) is 2.09. The number of aryl methyl sites for hydroxylation is 2. The number of thiazole rings is 1. The van der Waals surface area contributed by atoms with Crippen molar-refractivity contribution < 1.29 is 0 Å². The fourth-order valence-corrected chi connectivity index (χ4v) is 4.28. The van der Waals surface area contributed by atoms with E-state index in [2.05, 4.69) is 38.0 Å². The third-order valence-electron chi connectivity index (χ3n) is 4.59. The van der Waals surface area contributed by atoms with E-state index in [0.717, 1.165) is 12.6 Å². The summed E-state index contributed by atoms with van der Waals surface area (Å²) >= 11 is 1.87. The third-order valence-corrected chi connectivity index (χ3v) is 5.87. The molecule has 0 amide bonds. The fourth-order valence-electron chi connectivity index (χ4n) is 3.17. The first kappa shape index (κ1) is 12.6. The highest BCUT2D eigenvalue weighted by atomic mass is 32.1. The molecule has 0 radical (unpaired) electrons. The molecule has 0 aromatic carbocycles. The summed E-state index contributed by atoms with van der Waals surface area (Å²) in [5.74, 6) is 0. The minimum absolute atomic E-state index is 0.0890. The van der Waals surface area contributed by atoms with Gasteiger partial charge in [0.25, 0.3) is 0 Å². The zero-order chi connectivity index (χ0) is 12.9. The minimum Gasteiger partial charge on any atom is -0.307 e. The molecule has 0 spiro atoms. The van der Waals surface area contributed by atoms with Crippen LogP contribution in [-0.2, 0) is 5.54 Å². The maximum absolute atomic E-state index is 4.81. The number of likely N-dealkylation sites (tertiary alicyclic amines) is 1. The Morgan fingerprint density at radius 3 is 2.61 bits per heavy atom. The molecule has 2 unspecified atom stereocenters. The molecule has 1 saturated carbocycles. The molecule has 1 aliphatic carbocycles. The molecule has 3 nitrogen and oxygen atoms in total. The monoisotopic (exact) mass is 265 g/mol. The Bertz CT molecular complexity index is 432. The standard InChI is InChI=1S/C14H23N3S/c1-9-7-14(15-4,8-17(9)12-5-6-12)13-16-10(2)11(3)18-13/h9,12,15H,5-8H2,1-4H3. The summed E-state index contributed by atoms with van der Waals surface area (Å²) in [6.45, 7) is 7.79. The smallest absolute Gasteiger partial charge is 0.115 e. The van der Waals surface area contributed by atoms with Gasteiger partial charge in [-0.2, -0.15) is 0 Å². The summed E-state index contributed by atoms with van der Waals surface area (Å²) in [5.41, 5.74) is 1.29. The number of hydrogen-bond donors (Lipinski definition) is 1. The van der Waals surface area contributed by atoms with Crippen molar-refractivity contribution in [1.29, 1.82) is 0 Å². The lowest BCUT2D eigenvalue weighted by molar-refractivity contribution is 0.243. The highest BCUT2D eigenvalue weighted by molar-refractivity contribution is 7.11. The van der Waals surface area contributed by atoms with Gasteiger partial charge in [0.2, 0.25) is 0 Å². The summed E-state index contributed by atoms with van der Waals surface area (Å²) < 4.78 is 0. The van der Waals surface area contributed by atoms with Gasteiger partial charge < -0.3 is 5.32 Å². The molecule has 2 fully saturated rings. The molecular weight excluding hydrogens is 242 g/mol. The number of rotatable bonds is 3. The van der Waals surface area contributed by atoms with Crippen molar-refractivity contribution in [2.45, 2.75) is 57.7 Å². The van der Waals surface area contributed by atoms with Crippen LogP contribution < -0.4 is 5.32 Å². The van der Waals surface area contributed by atoms with Crippen LogP contribution in [0.5, 0.6) is 0 Å². The Hall–Kier alpha value is -0.450. The van der Waals surface area contributed by atoms with E-state index in [1.807, 2.05) is 11.3 Å². The van der Waals surface area contributed by atoms with Gasteiger partial charge in [0.05, 0.1) is 11.2 Å². The quantitative estimate of drug-likeness (QED) is 0.910. The van der Waals surface area contributed by atoms with Crippen molar-refractivity contribution in [2.24, 2.45) is 0 Å². The molecule has 0 bridgehead atoms. The van der Waals surface area contributed by atoms with E-state index in [1.54, 1.807) is 0 Å². The van der Waals surface area contributed by atoms with Crippen LogP contribution >= 0.6 is 11.3 Å². The predicted octanol–water partition coefficient (Wildman–Crippen LogP) is 2.43. The molecule has 100 valence electrons. The second kappa shape index (κ2) is 4.29. The highest BCUT2D eigenvalue weighted by Crippen LogP contribution is 2.42. The Balaban J connectivity index is 1.91. The van der Waals surface area contributed by atoms with Crippen molar-refractivity contribution in [3.05, 3.63) is 15.6 Å². The summed E-state index contributed by atoms with van der Waals surface area (Å²) in [6.07, 6.45) is 3.96. The maximum atomic E-state index is 4.81. The number of hydrogen-bond acceptors (Lipinski definition) is 4. The van der Waals surface area contributed by atoms with Crippen LogP contribution in [0.2, 0.25) is 0 Å². The molecule has 18 heavy (non-hydrogen) atoms. The van der Waals surface area contributed by atoms with Gasteiger partial charge in [-0.05, 0) is 47.1 Å². The van der Waals surface area contributed by atoms with E-state index in [-0.39, 0.29) is 5.54 Å². The fraction of sp³-hybridized carbons (Fsp3) is 0.786. The van der Waals surface area contributed by atoms with Crippen LogP contribution in [0.3, 0.4) is 0 Å². The molecule has 1 aromatic heterocycles. The Morgan fingerprint density at radius 1 is 1.39 bits per heavy atom. The summed E-state index contributed by atoms with van der Waals surface area (Å²) in [4.78, 5) is 8.85.